The van der Waals surface area contributed by atoms with Gasteiger partial charge in [0.05, 0.1) is 25.0 Å². The number of amides is 3. The minimum atomic E-state index is -1.12. The molecule has 3 amide bonds. The molecule has 2 aromatic rings. The zero-order chi connectivity index (χ0) is 34.6. The molecule has 0 aromatic heterocycles. The van der Waals surface area contributed by atoms with Crippen LogP contribution in [-0.4, -0.2) is 64.8 Å². The molecule has 1 aliphatic heterocycles. The van der Waals surface area contributed by atoms with Crippen LogP contribution in [-0.2, 0) is 23.8 Å². The van der Waals surface area contributed by atoms with E-state index in [0.717, 1.165) is 16.0 Å². The lowest BCUT2D eigenvalue weighted by Gasteiger charge is -2.51. The van der Waals surface area contributed by atoms with Gasteiger partial charge in [-0.3, -0.25) is 9.59 Å². The third-order valence-electron chi connectivity index (χ3n) is 7.83. The van der Waals surface area contributed by atoms with Crippen LogP contribution in [0, 0.1) is 5.41 Å². The van der Waals surface area contributed by atoms with Crippen LogP contribution in [0.4, 0.5) is 9.59 Å². The van der Waals surface area contributed by atoms with E-state index in [1.54, 1.807) is 71.6 Å². The summed E-state index contributed by atoms with van der Waals surface area (Å²) in [6.45, 7) is 13.8. The fourth-order valence-electron chi connectivity index (χ4n) is 5.77. The van der Waals surface area contributed by atoms with Crippen molar-refractivity contribution in [2.75, 3.05) is 13.7 Å². The van der Waals surface area contributed by atoms with Crippen LogP contribution in [0.1, 0.15) is 97.7 Å². The number of methoxy groups -OCH3 is 1. The van der Waals surface area contributed by atoms with Crippen molar-refractivity contribution < 1.29 is 33.4 Å². The summed E-state index contributed by atoms with van der Waals surface area (Å²) in [6.07, 6.45) is -1.27. The van der Waals surface area contributed by atoms with Crippen molar-refractivity contribution in [3.8, 4) is 0 Å². The van der Waals surface area contributed by atoms with Crippen molar-refractivity contribution in [1.82, 2.24) is 9.80 Å². The molecule has 9 nitrogen and oxygen atoms in total. The van der Waals surface area contributed by atoms with Crippen LogP contribution < -0.4 is 0 Å². The van der Waals surface area contributed by atoms with Gasteiger partial charge in [0.15, 0.2) is 0 Å². The molecule has 1 fully saturated rings. The van der Waals surface area contributed by atoms with Gasteiger partial charge in [-0.2, -0.15) is 0 Å². The standard InChI is InChI=1S/C35H46Cl2N2O7/c1-22(17-18-38(31(42)45-33(2,3)4)32(43)46-34(5,6)7)39-29(23-13-15-25(36)16-14-23)27(24-11-10-12-26(37)19-24)20-35(8,30(39)41)21-28(40)44-9/h10-16,19,22,27,29H,17-18,20-21H2,1-9H3/t22-,27?,29?,35?/m0/s1. The quantitative estimate of drug-likeness (QED) is 0.204. The molecular weight excluding hydrogens is 631 g/mol. The van der Waals surface area contributed by atoms with Crippen molar-refractivity contribution in [2.45, 2.75) is 104 Å². The summed E-state index contributed by atoms with van der Waals surface area (Å²) in [5, 5.41) is 1.09. The molecule has 1 saturated heterocycles. The number of nitrogens with zero attached hydrogens (tertiary/aromatic N) is 2. The van der Waals surface area contributed by atoms with Gasteiger partial charge in [0.2, 0.25) is 5.91 Å². The number of benzene rings is 2. The lowest BCUT2D eigenvalue weighted by molar-refractivity contribution is -0.161. The molecule has 3 rings (SSSR count). The van der Waals surface area contributed by atoms with E-state index < -0.39 is 46.9 Å². The molecule has 11 heteroatoms. The maximum atomic E-state index is 14.6. The first kappa shape index (κ1) is 37.2. The predicted octanol–water partition coefficient (Wildman–Crippen LogP) is 8.57. The van der Waals surface area contributed by atoms with Gasteiger partial charge in [-0.15, -0.1) is 0 Å². The van der Waals surface area contributed by atoms with Gasteiger partial charge in [-0.05, 0) is 96.7 Å². The Morgan fingerprint density at radius 3 is 2.00 bits per heavy atom. The Labute approximate surface area is 282 Å². The molecule has 4 atom stereocenters. The first-order valence-electron chi connectivity index (χ1n) is 15.4. The number of ether oxygens (including phenoxy) is 3. The fourth-order valence-corrected chi connectivity index (χ4v) is 6.09. The second kappa shape index (κ2) is 14.6. The van der Waals surface area contributed by atoms with Gasteiger partial charge >= 0.3 is 18.2 Å². The number of imide groups is 1. The molecule has 0 aliphatic carbocycles. The smallest absolute Gasteiger partial charge is 0.419 e. The van der Waals surface area contributed by atoms with Crippen molar-refractivity contribution in [2.24, 2.45) is 5.41 Å². The van der Waals surface area contributed by atoms with Gasteiger partial charge in [-0.25, -0.2) is 14.5 Å². The van der Waals surface area contributed by atoms with Crippen LogP contribution in [0.15, 0.2) is 48.5 Å². The summed E-state index contributed by atoms with van der Waals surface area (Å²) >= 11 is 12.7. The normalized spacial score (nSPS) is 20.9. The highest BCUT2D eigenvalue weighted by atomic mass is 35.5. The zero-order valence-corrected chi connectivity index (χ0v) is 29.7. The number of rotatable bonds is 8. The Bertz CT molecular complexity index is 1390. The Hall–Kier alpha value is -3.30. The number of likely N-dealkylation sites (tertiary alicyclic amines) is 1. The van der Waals surface area contributed by atoms with Crippen LogP contribution in [0.25, 0.3) is 0 Å². The third-order valence-corrected chi connectivity index (χ3v) is 8.31. The summed E-state index contributed by atoms with van der Waals surface area (Å²) in [5.74, 6) is -1.02. The van der Waals surface area contributed by atoms with Crippen LogP contribution in [0.3, 0.4) is 0 Å². The summed E-state index contributed by atoms with van der Waals surface area (Å²) in [5.41, 5.74) is -1.09. The minimum absolute atomic E-state index is 0.0857. The second-order valence-corrected chi connectivity index (χ2v) is 15.0. The molecule has 1 heterocycles. The molecule has 3 unspecified atom stereocenters. The van der Waals surface area contributed by atoms with Crippen molar-refractivity contribution in [3.63, 3.8) is 0 Å². The number of piperidine rings is 1. The molecule has 2 aromatic carbocycles. The van der Waals surface area contributed by atoms with E-state index in [9.17, 15) is 19.2 Å². The first-order chi connectivity index (χ1) is 21.2. The average Bonchev–Trinajstić information content (AvgIpc) is 2.92. The van der Waals surface area contributed by atoms with Crippen molar-refractivity contribution >= 4 is 47.3 Å². The molecule has 252 valence electrons. The zero-order valence-electron chi connectivity index (χ0n) is 28.2. The Balaban J connectivity index is 2.10. The summed E-state index contributed by atoms with van der Waals surface area (Å²) < 4.78 is 16.1. The third kappa shape index (κ3) is 9.61. The van der Waals surface area contributed by atoms with Gasteiger partial charge in [-0.1, -0.05) is 54.4 Å². The van der Waals surface area contributed by atoms with Crippen LogP contribution in [0.2, 0.25) is 10.0 Å². The van der Waals surface area contributed by atoms with Gasteiger partial charge in [0, 0.05) is 28.5 Å². The number of carbonyl (C=O) groups excluding carboxylic acids is 4. The van der Waals surface area contributed by atoms with E-state index in [4.69, 9.17) is 37.4 Å². The number of hydrogen-bond donors (Lipinski definition) is 0. The maximum absolute atomic E-state index is 14.6. The predicted molar refractivity (Wildman–Crippen MR) is 178 cm³/mol. The largest absolute Gasteiger partial charge is 0.469 e. The van der Waals surface area contributed by atoms with Crippen molar-refractivity contribution in [3.05, 3.63) is 69.7 Å². The van der Waals surface area contributed by atoms with E-state index in [0.29, 0.717) is 16.5 Å². The van der Waals surface area contributed by atoms with E-state index >= 15 is 0 Å². The van der Waals surface area contributed by atoms with Crippen molar-refractivity contribution in [1.29, 1.82) is 0 Å². The van der Waals surface area contributed by atoms with E-state index in [-0.39, 0.29) is 31.2 Å². The summed E-state index contributed by atoms with van der Waals surface area (Å²) in [6, 6.07) is 13.8. The topological polar surface area (TPSA) is 102 Å². The number of hydrogen-bond acceptors (Lipinski definition) is 7. The Morgan fingerprint density at radius 2 is 1.50 bits per heavy atom. The molecule has 0 bridgehead atoms. The van der Waals surface area contributed by atoms with Gasteiger partial charge < -0.3 is 19.1 Å². The average molecular weight is 678 g/mol. The molecule has 1 aliphatic rings. The Kier molecular flexibility index (Phi) is 11.8. The fraction of sp³-hybridized carbons (Fsp3) is 0.543. The first-order valence-corrected chi connectivity index (χ1v) is 16.1. The molecule has 0 saturated carbocycles. The van der Waals surface area contributed by atoms with E-state index in [1.807, 2.05) is 37.3 Å². The van der Waals surface area contributed by atoms with Crippen LogP contribution >= 0.6 is 23.2 Å². The number of carbonyl (C=O) groups is 4. The highest BCUT2D eigenvalue weighted by Crippen LogP contribution is 2.52. The van der Waals surface area contributed by atoms with Gasteiger partial charge in [0.1, 0.15) is 11.2 Å². The maximum Gasteiger partial charge on any atom is 0.419 e. The van der Waals surface area contributed by atoms with Crippen LogP contribution in [0.5, 0.6) is 0 Å². The second-order valence-electron chi connectivity index (χ2n) is 14.1. The number of halogens is 2. The van der Waals surface area contributed by atoms with E-state index in [1.165, 1.54) is 7.11 Å². The lowest BCUT2D eigenvalue weighted by atomic mass is 9.67. The van der Waals surface area contributed by atoms with Gasteiger partial charge in [0.25, 0.3) is 0 Å². The summed E-state index contributed by atoms with van der Waals surface area (Å²) in [4.78, 5) is 56.4. The molecule has 0 radical (unpaired) electrons. The number of esters is 1. The highest BCUT2D eigenvalue weighted by molar-refractivity contribution is 6.30. The lowest BCUT2D eigenvalue weighted by Crippen LogP contribution is -2.56. The molecule has 0 spiro atoms. The highest BCUT2D eigenvalue weighted by Gasteiger charge is 2.52. The molecular formula is C35H46Cl2N2O7. The Morgan fingerprint density at radius 1 is 0.935 bits per heavy atom. The summed E-state index contributed by atoms with van der Waals surface area (Å²) in [7, 11) is 1.30. The van der Waals surface area contributed by atoms with E-state index in [2.05, 4.69) is 0 Å². The minimum Gasteiger partial charge on any atom is -0.469 e. The monoisotopic (exact) mass is 676 g/mol. The SMILES string of the molecule is COC(=O)CC1(C)CC(c2cccc(Cl)c2)C(c2ccc(Cl)cc2)N([C@@H](C)CCN(C(=O)OC(C)(C)C)C(=O)OC(C)(C)C)C1=O. The molecule has 0 N–H and O–H groups in total. The molecule has 46 heavy (non-hydrogen) atoms.